The number of hydrogen-bond acceptors (Lipinski definition) is 5. The van der Waals surface area contributed by atoms with Crippen LogP contribution in [0.1, 0.15) is 37.5 Å². The zero-order chi connectivity index (χ0) is 22.7. The van der Waals surface area contributed by atoms with E-state index in [1.165, 1.54) is 7.11 Å². The Kier molecular flexibility index (Phi) is 7.08. The lowest BCUT2D eigenvalue weighted by atomic mass is 9.98. The third kappa shape index (κ3) is 4.94. The Labute approximate surface area is 186 Å². The molecule has 1 aliphatic heterocycles. The fraction of sp³-hybridized carbons (Fsp3) is 0.391. The fourth-order valence-corrected chi connectivity index (χ4v) is 3.87. The van der Waals surface area contributed by atoms with Crippen molar-refractivity contribution in [3.05, 3.63) is 52.5 Å². The van der Waals surface area contributed by atoms with Gasteiger partial charge in [0, 0.05) is 34.4 Å². The van der Waals surface area contributed by atoms with Crippen molar-refractivity contribution in [3.8, 4) is 11.5 Å². The molecule has 0 fully saturated rings. The predicted octanol–water partition coefficient (Wildman–Crippen LogP) is 4.31. The van der Waals surface area contributed by atoms with Gasteiger partial charge in [0.2, 0.25) is 0 Å². The second-order valence-electron chi connectivity index (χ2n) is 7.76. The minimum atomic E-state index is -1.17. The number of halogens is 1. The number of fused-ring (bicyclic) bond motifs is 1. The summed E-state index contributed by atoms with van der Waals surface area (Å²) in [5.74, 6) is -0.263. The van der Waals surface area contributed by atoms with Gasteiger partial charge in [-0.3, -0.25) is 9.59 Å². The lowest BCUT2D eigenvalue weighted by Gasteiger charge is -2.26. The number of methoxy groups -OCH3 is 2. The van der Waals surface area contributed by atoms with Crippen LogP contribution in [-0.4, -0.2) is 43.9 Å². The number of nitrogens with zero attached hydrogens (tertiary/aromatic N) is 1. The molecule has 3 rings (SSSR count). The van der Waals surface area contributed by atoms with Gasteiger partial charge in [-0.2, -0.15) is 0 Å². The van der Waals surface area contributed by atoms with Gasteiger partial charge in [0.1, 0.15) is 23.7 Å². The van der Waals surface area contributed by atoms with E-state index in [2.05, 4.69) is 0 Å². The minimum absolute atomic E-state index is 0.157. The van der Waals surface area contributed by atoms with Crippen molar-refractivity contribution in [2.75, 3.05) is 25.7 Å². The van der Waals surface area contributed by atoms with Gasteiger partial charge in [-0.05, 0) is 36.2 Å². The van der Waals surface area contributed by atoms with Gasteiger partial charge in [0.25, 0.3) is 5.91 Å². The van der Waals surface area contributed by atoms with E-state index in [4.69, 9.17) is 25.8 Å². The van der Waals surface area contributed by atoms with Crippen molar-refractivity contribution in [2.24, 2.45) is 5.92 Å². The summed E-state index contributed by atoms with van der Waals surface area (Å²) in [6.07, 6.45) is -2.39. The molecule has 2 aromatic carbocycles. The molecular formula is C23H26ClNO6. The quantitative estimate of drug-likeness (QED) is 0.680. The second kappa shape index (κ2) is 9.58. The third-order valence-electron chi connectivity index (χ3n) is 5.04. The normalized spacial score (nSPS) is 18.5. The van der Waals surface area contributed by atoms with Crippen molar-refractivity contribution in [2.45, 2.75) is 32.5 Å². The molecule has 0 saturated heterocycles. The standard InChI is InChI=1S/C23H26ClNO6/c1-13(2)12-25-18-8-5-14(24)9-17(18)22(31-20(23(25)28)11-21(26)27)16-7-6-15(29-3)10-19(16)30-4/h5-10,13,20,22H,11-12H2,1-4H3,(H,26,27). The monoisotopic (exact) mass is 447 g/mol. The summed E-state index contributed by atoms with van der Waals surface area (Å²) in [5, 5.41) is 9.90. The fourth-order valence-electron chi connectivity index (χ4n) is 3.69. The minimum Gasteiger partial charge on any atom is -0.497 e. The molecule has 2 atom stereocenters. The van der Waals surface area contributed by atoms with Crippen molar-refractivity contribution in [1.29, 1.82) is 0 Å². The van der Waals surface area contributed by atoms with E-state index in [1.54, 1.807) is 48.4 Å². The number of benzene rings is 2. The Morgan fingerprint density at radius 3 is 2.52 bits per heavy atom. The first-order valence-corrected chi connectivity index (χ1v) is 10.3. The Morgan fingerprint density at radius 1 is 1.16 bits per heavy atom. The molecule has 0 spiro atoms. The first kappa shape index (κ1) is 22.9. The topological polar surface area (TPSA) is 85.3 Å². The molecular weight excluding hydrogens is 422 g/mol. The van der Waals surface area contributed by atoms with Crippen LogP contribution in [0.5, 0.6) is 11.5 Å². The Hall–Kier alpha value is -2.77. The molecule has 2 unspecified atom stereocenters. The maximum Gasteiger partial charge on any atom is 0.306 e. The number of rotatable bonds is 7. The van der Waals surface area contributed by atoms with Gasteiger partial charge in [-0.1, -0.05) is 25.4 Å². The van der Waals surface area contributed by atoms with E-state index < -0.39 is 30.5 Å². The van der Waals surface area contributed by atoms with Gasteiger partial charge in [-0.15, -0.1) is 0 Å². The number of carboxylic acid groups (broad SMARTS) is 1. The molecule has 0 aromatic heterocycles. The van der Waals surface area contributed by atoms with Gasteiger partial charge >= 0.3 is 5.97 Å². The maximum atomic E-state index is 13.3. The third-order valence-corrected chi connectivity index (χ3v) is 5.27. The van der Waals surface area contributed by atoms with Gasteiger partial charge in [0.15, 0.2) is 0 Å². The largest absolute Gasteiger partial charge is 0.497 e. The van der Waals surface area contributed by atoms with Crippen molar-refractivity contribution < 1.29 is 28.9 Å². The number of anilines is 1. The number of carboxylic acids is 1. The van der Waals surface area contributed by atoms with Gasteiger partial charge < -0.3 is 24.2 Å². The van der Waals surface area contributed by atoms with Crippen LogP contribution in [0.2, 0.25) is 5.02 Å². The number of ether oxygens (including phenoxy) is 3. The summed E-state index contributed by atoms with van der Waals surface area (Å²) in [4.78, 5) is 26.5. The highest BCUT2D eigenvalue weighted by Gasteiger charge is 2.38. The lowest BCUT2D eigenvalue weighted by molar-refractivity contribution is -0.147. The van der Waals surface area contributed by atoms with Crippen LogP contribution >= 0.6 is 11.6 Å². The molecule has 8 heteroatoms. The first-order chi connectivity index (χ1) is 14.7. The van der Waals surface area contributed by atoms with Crippen LogP contribution in [0, 0.1) is 5.92 Å². The molecule has 1 aliphatic rings. The summed E-state index contributed by atoms with van der Waals surface area (Å²) < 4.78 is 17.0. The highest BCUT2D eigenvalue weighted by atomic mass is 35.5. The lowest BCUT2D eigenvalue weighted by Crippen LogP contribution is -2.42. The van der Waals surface area contributed by atoms with E-state index in [1.807, 2.05) is 13.8 Å². The van der Waals surface area contributed by atoms with E-state index >= 15 is 0 Å². The zero-order valence-corrected chi connectivity index (χ0v) is 18.7. The Bertz CT molecular complexity index is 977. The van der Waals surface area contributed by atoms with E-state index in [-0.39, 0.29) is 5.92 Å². The van der Waals surface area contributed by atoms with Crippen LogP contribution in [-0.2, 0) is 14.3 Å². The first-order valence-electron chi connectivity index (χ1n) is 9.95. The summed E-state index contributed by atoms with van der Waals surface area (Å²) >= 11 is 6.31. The predicted molar refractivity (Wildman–Crippen MR) is 117 cm³/mol. The van der Waals surface area contributed by atoms with Gasteiger partial charge in [0.05, 0.1) is 20.6 Å². The molecule has 1 heterocycles. The number of hydrogen-bond donors (Lipinski definition) is 1. The van der Waals surface area contributed by atoms with Crippen LogP contribution in [0.25, 0.3) is 0 Å². The molecule has 0 radical (unpaired) electrons. The highest BCUT2D eigenvalue weighted by Crippen LogP contribution is 2.43. The second-order valence-corrected chi connectivity index (χ2v) is 8.19. The van der Waals surface area contributed by atoms with E-state index in [0.29, 0.717) is 39.9 Å². The SMILES string of the molecule is COc1ccc(C2OC(CC(=O)O)C(=O)N(CC(C)C)c3ccc(Cl)cc32)c(OC)c1. The molecule has 1 amide bonds. The number of carbonyl (C=O) groups excluding carboxylic acids is 1. The van der Waals surface area contributed by atoms with Crippen LogP contribution in [0.4, 0.5) is 5.69 Å². The molecule has 166 valence electrons. The Morgan fingerprint density at radius 2 is 1.90 bits per heavy atom. The zero-order valence-electron chi connectivity index (χ0n) is 17.9. The Balaban J connectivity index is 2.22. The maximum absolute atomic E-state index is 13.3. The van der Waals surface area contributed by atoms with Crippen LogP contribution < -0.4 is 14.4 Å². The highest BCUT2D eigenvalue weighted by molar-refractivity contribution is 6.30. The molecule has 31 heavy (non-hydrogen) atoms. The van der Waals surface area contributed by atoms with Crippen LogP contribution in [0.3, 0.4) is 0 Å². The summed E-state index contributed by atoms with van der Waals surface area (Å²) in [5.41, 5.74) is 1.94. The van der Waals surface area contributed by atoms with E-state index in [9.17, 15) is 14.7 Å². The summed E-state index contributed by atoms with van der Waals surface area (Å²) in [7, 11) is 3.08. The van der Waals surface area contributed by atoms with Crippen molar-refractivity contribution in [3.63, 3.8) is 0 Å². The van der Waals surface area contributed by atoms with Crippen molar-refractivity contribution in [1.82, 2.24) is 0 Å². The average Bonchev–Trinajstić information content (AvgIpc) is 2.83. The van der Waals surface area contributed by atoms with Crippen LogP contribution in [0.15, 0.2) is 36.4 Å². The average molecular weight is 448 g/mol. The van der Waals surface area contributed by atoms with E-state index in [0.717, 1.165) is 0 Å². The summed E-state index contributed by atoms with van der Waals surface area (Å²) in [6.45, 7) is 4.40. The van der Waals surface area contributed by atoms with Crippen molar-refractivity contribution >= 4 is 29.2 Å². The molecule has 7 nitrogen and oxygen atoms in total. The summed E-state index contributed by atoms with van der Waals surface area (Å²) in [6, 6.07) is 10.5. The van der Waals surface area contributed by atoms with Gasteiger partial charge in [-0.25, -0.2) is 0 Å². The molecule has 1 N–H and O–H groups in total. The number of amides is 1. The number of carbonyl (C=O) groups is 2. The molecule has 0 saturated carbocycles. The smallest absolute Gasteiger partial charge is 0.306 e. The number of aliphatic carboxylic acids is 1. The molecule has 0 bridgehead atoms. The molecule has 2 aromatic rings. The molecule has 0 aliphatic carbocycles.